The van der Waals surface area contributed by atoms with Crippen molar-refractivity contribution in [1.29, 1.82) is 0 Å². The van der Waals surface area contributed by atoms with E-state index in [9.17, 15) is 19.7 Å². The summed E-state index contributed by atoms with van der Waals surface area (Å²) in [6.45, 7) is 0. The van der Waals surface area contributed by atoms with E-state index in [4.69, 9.17) is 0 Å². The van der Waals surface area contributed by atoms with Gasteiger partial charge < -0.3 is 5.21 Å². The fourth-order valence-corrected chi connectivity index (χ4v) is 1.53. The van der Waals surface area contributed by atoms with Gasteiger partial charge >= 0.3 is 0 Å². The number of hydrogen-bond acceptors (Lipinski definition) is 3. The van der Waals surface area contributed by atoms with E-state index < -0.39 is 16.4 Å². The van der Waals surface area contributed by atoms with E-state index in [1.165, 1.54) is 6.21 Å². The normalized spacial score (nSPS) is 11.3. The highest BCUT2D eigenvalue weighted by atomic mass is 19.1. The molecule has 0 saturated heterocycles. The summed E-state index contributed by atoms with van der Waals surface area (Å²) in [6, 6.07) is 11.5. The molecule has 19 heavy (non-hydrogen) atoms. The maximum absolute atomic E-state index is 13.6. The lowest BCUT2D eigenvalue weighted by Gasteiger charge is -2.03. The number of nitro groups is 1. The molecule has 0 aromatic heterocycles. The summed E-state index contributed by atoms with van der Waals surface area (Å²) in [5, 5.41) is 22.2. The molecule has 0 saturated carbocycles. The summed E-state index contributed by atoms with van der Waals surface area (Å²) in [5.74, 6) is -0.934. The van der Waals surface area contributed by atoms with E-state index >= 15 is 0 Å². The van der Waals surface area contributed by atoms with Crippen LogP contribution < -0.4 is 0 Å². The third kappa shape index (κ3) is 2.92. The number of nitrogens with zero attached hydrogens (tertiary/aromatic N) is 2. The van der Waals surface area contributed by atoms with Crippen molar-refractivity contribution in [2.75, 3.05) is 0 Å². The van der Waals surface area contributed by atoms with Crippen LogP contribution in [0.15, 0.2) is 48.5 Å². The number of rotatable bonds is 3. The zero-order valence-corrected chi connectivity index (χ0v) is 9.69. The smallest absolute Gasteiger partial charge is 0.272 e. The molecule has 2 aromatic carbocycles. The topological polar surface area (TPSA) is 69.2 Å². The largest absolute Gasteiger partial charge is 0.618 e. The van der Waals surface area contributed by atoms with Crippen molar-refractivity contribution in [1.82, 2.24) is 0 Å². The van der Waals surface area contributed by atoms with Gasteiger partial charge in [0.25, 0.3) is 11.4 Å². The fourth-order valence-electron chi connectivity index (χ4n) is 1.53. The quantitative estimate of drug-likeness (QED) is 0.280. The fraction of sp³-hybridized carbons (Fsp3) is 0. The highest BCUT2D eigenvalue weighted by Gasteiger charge is 2.15. The molecule has 0 amide bonds. The average Bonchev–Trinajstić information content (AvgIpc) is 2.39. The molecule has 0 aliphatic carbocycles. The minimum atomic E-state index is -0.934. The Morgan fingerprint density at radius 3 is 2.32 bits per heavy atom. The molecule has 0 heterocycles. The zero-order chi connectivity index (χ0) is 13.8. The summed E-state index contributed by atoms with van der Waals surface area (Å²) >= 11 is 0. The number of benzene rings is 2. The molecule has 0 spiro atoms. The van der Waals surface area contributed by atoms with Gasteiger partial charge in [-0.15, -0.1) is 0 Å². The predicted molar refractivity (Wildman–Crippen MR) is 67.9 cm³/mol. The van der Waals surface area contributed by atoms with Gasteiger partial charge in [-0.1, -0.05) is 18.2 Å². The Kier molecular flexibility index (Phi) is 3.51. The van der Waals surface area contributed by atoms with Crippen LogP contribution in [0.1, 0.15) is 5.56 Å². The highest BCUT2D eigenvalue weighted by molar-refractivity contribution is 5.76. The van der Waals surface area contributed by atoms with Crippen LogP contribution in [0.4, 0.5) is 15.8 Å². The molecule has 2 rings (SSSR count). The molecule has 0 radical (unpaired) electrons. The SMILES string of the molecule is O=[N+]([O-])c1ccc([N+]([O-])=Cc2ccccc2)c(F)c1. The van der Waals surface area contributed by atoms with Crippen LogP contribution in [-0.4, -0.2) is 15.9 Å². The minimum Gasteiger partial charge on any atom is -0.618 e. The second-order valence-corrected chi connectivity index (χ2v) is 3.76. The molecular weight excluding hydrogens is 251 g/mol. The van der Waals surface area contributed by atoms with Gasteiger partial charge in [-0.05, 0) is 12.1 Å². The molecule has 5 nitrogen and oxygen atoms in total. The first-order valence-electron chi connectivity index (χ1n) is 5.38. The highest BCUT2D eigenvalue weighted by Crippen LogP contribution is 2.22. The standard InChI is InChI=1S/C13H9FN2O3/c14-12-8-11(16(18)19)6-7-13(12)15(17)9-10-4-2-1-3-5-10/h1-9H. The second kappa shape index (κ2) is 5.26. The minimum absolute atomic E-state index is 0.269. The van der Waals surface area contributed by atoms with E-state index in [1.54, 1.807) is 30.3 Å². The van der Waals surface area contributed by atoms with Crippen LogP contribution in [-0.2, 0) is 0 Å². The van der Waals surface area contributed by atoms with Gasteiger partial charge in [0.05, 0.1) is 11.0 Å². The van der Waals surface area contributed by atoms with Crippen molar-refractivity contribution >= 4 is 17.6 Å². The summed E-state index contributed by atoms with van der Waals surface area (Å²) in [6.07, 6.45) is 1.20. The van der Waals surface area contributed by atoms with E-state index in [1.807, 2.05) is 0 Å². The van der Waals surface area contributed by atoms with E-state index in [0.717, 1.165) is 18.2 Å². The summed E-state index contributed by atoms with van der Waals surface area (Å²) in [5.41, 5.74) is -0.0564. The molecule has 96 valence electrons. The molecule has 0 atom stereocenters. The van der Waals surface area contributed by atoms with Crippen molar-refractivity contribution in [3.63, 3.8) is 0 Å². The Morgan fingerprint density at radius 1 is 1.05 bits per heavy atom. The van der Waals surface area contributed by atoms with Gasteiger partial charge in [0.15, 0.2) is 6.21 Å². The van der Waals surface area contributed by atoms with Crippen LogP contribution in [0.3, 0.4) is 0 Å². The van der Waals surface area contributed by atoms with Crippen LogP contribution >= 0.6 is 0 Å². The average molecular weight is 260 g/mol. The molecule has 0 bridgehead atoms. The predicted octanol–water partition coefficient (Wildman–Crippen LogP) is 2.99. The number of halogens is 1. The maximum Gasteiger partial charge on any atom is 0.272 e. The van der Waals surface area contributed by atoms with E-state index in [2.05, 4.69) is 0 Å². The Hall–Kier alpha value is -2.76. The van der Waals surface area contributed by atoms with Gasteiger partial charge in [0.1, 0.15) is 0 Å². The number of nitro benzene ring substituents is 1. The lowest BCUT2D eigenvalue weighted by molar-refractivity contribution is -0.385. The molecule has 0 N–H and O–H groups in total. The summed E-state index contributed by atoms with van der Waals surface area (Å²) in [4.78, 5) is 9.75. The van der Waals surface area contributed by atoms with Gasteiger partial charge in [0, 0.05) is 17.7 Å². The summed E-state index contributed by atoms with van der Waals surface area (Å²) in [7, 11) is 0. The van der Waals surface area contributed by atoms with Crippen molar-refractivity contribution in [3.05, 3.63) is 75.2 Å². The molecule has 0 aliphatic heterocycles. The molecule has 0 aliphatic rings. The van der Waals surface area contributed by atoms with Crippen molar-refractivity contribution < 1.29 is 14.1 Å². The lowest BCUT2D eigenvalue weighted by atomic mass is 10.2. The van der Waals surface area contributed by atoms with Crippen molar-refractivity contribution in [2.45, 2.75) is 0 Å². The summed E-state index contributed by atoms with van der Waals surface area (Å²) < 4.78 is 13.9. The first-order valence-corrected chi connectivity index (χ1v) is 5.38. The Bertz CT molecular complexity index is 642. The molecule has 0 fully saturated rings. The first-order chi connectivity index (χ1) is 9.08. The van der Waals surface area contributed by atoms with Gasteiger partial charge in [-0.25, -0.2) is 0 Å². The third-order valence-electron chi connectivity index (χ3n) is 2.45. The zero-order valence-electron chi connectivity index (χ0n) is 9.69. The molecule has 2 aromatic rings. The van der Waals surface area contributed by atoms with Crippen LogP contribution in [0.5, 0.6) is 0 Å². The number of non-ortho nitro benzene ring substituents is 1. The molecule has 0 unspecified atom stereocenters. The number of hydrogen-bond donors (Lipinski definition) is 0. The van der Waals surface area contributed by atoms with Crippen molar-refractivity contribution in [2.24, 2.45) is 0 Å². The first kappa shape index (κ1) is 12.7. The molecular formula is C13H9FN2O3. The Labute approximate surface area is 108 Å². The van der Waals surface area contributed by atoms with Crippen LogP contribution in [0.25, 0.3) is 0 Å². The monoisotopic (exact) mass is 260 g/mol. The van der Waals surface area contributed by atoms with Gasteiger partial charge in [-0.2, -0.15) is 9.13 Å². The van der Waals surface area contributed by atoms with Gasteiger partial charge in [-0.3, -0.25) is 10.1 Å². The lowest BCUT2D eigenvalue weighted by Crippen LogP contribution is -2.01. The van der Waals surface area contributed by atoms with Crippen LogP contribution in [0, 0.1) is 21.1 Å². The second-order valence-electron chi connectivity index (χ2n) is 3.76. The third-order valence-corrected chi connectivity index (χ3v) is 2.45. The van der Waals surface area contributed by atoms with E-state index in [-0.39, 0.29) is 5.69 Å². The Morgan fingerprint density at radius 2 is 1.74 bits per heavy atom. The van der Waals surface area contributed by atoms with E-state index in [0.29, 0.717) is 10.3 Å². The Balaban J connectivity index is 2.37. The van der Waals surface area contributed by atoms with Crippen LogP contribution in [0.2, 0.25) is 0 Å². The van der Waals surface area contributed by atoms with Gasteiger partial charge in [0.2, 0.25) is 5.82 Å². The molecule has 6 heteroatoms. The van der Waals surface area contributed by atoms with Crippen molar-refractivity contribution in [3.8, 4) is 0 Å². The maximum atomic E-state index is 13.6.